The van der Waals surface area contributed by atoms with Gasteiger partial charge in [0.15, 0.2) is 0 Å². The van der Waals surface area contributed by atoms with Crippen molar-refractivity contribution in [3.8, 4) is 0 Å². The van der Waals surface area contributed by atoms with Gasteiger partial charge in [0.2, 0.25) is 0 Å². The summed E-state index contributed by atoms with van der Waals surface area (Å²) in [4.78, 5) is 2.50. The SMILES string of the molecule is OC1c2ccccc2C2(SCCCS)CC3(SCCCS3)[C@@H]3CCCC[C@H]3N12. The van der Waals surface area contributed by atoms with E-state index in [0.717, 1.165) is 23.5 Å². The second kappa shape index (κ2) is 8.23. The number of aliphatic hydroxyl groups excluding tert-OH is 1. The van der Waals surface area contributed by atoms with Crippen molar-refractivity contribution >= 4 is 47.9 Å². The Balaban J connectivity index is 1.63. The van der Waals surface area contributed by atoms with E-state index in [-0.39, 0.29) is 4.87 Å². The van der Waals surface area contributed by atoms with E-state index >= 15 is 0 Å². The maximum Gasteiger partial charge on any atom is 0.135 e. The zero-order chi connectivity index (χ0) is 19.2. The highest BCUT2D eigenvalue weighted by Crippen LogP contribution is 2.68. The Morgan fingerprint density at radius 1 is 1.14 bits per heavy atom. The third kappa shape index (κ3) is 3.12. The molecule has 2 saturated heterocycles. The summed E-state index contributed by atoms with van der Waals surface area (Å²) in [6, 6.07) is 9.26. The molecular formula is C22H31NOS4. The van der Waals surface area contributed by atoms with Gasteiger partial charge in [-0.25, -0.2) is 0 Å². The summed E-state index contributed by atoms with van der Waals surface area (Å²) >= 11 is 11.1. The molecule has 1 aromatic carbocycles. The van der Waals surface area contributed by atoms with Gasteiger partial charge in [-0.1, -0.05) is 37.1 Å². The van der Waals surface area contributed by atoms with Crippen LogP contribution in [0.5, 0.6) is 0 Å². The number of benzene rings is 1. The van der Waals surface area contributed by atoms with Crippen molar-refractivity contribution in [3.63, 3.8) is 0 Å². The largest absolute Gasteiger partial charge is 0.374 e. The van der Waals surface area contributed by atoms with Crippen LogP contribution in [0.2, 0.25) is 0 Å². The first-order valence-electron chi connectivity index (χ1n) is 10.8. The highest BCUT2D eigenvalue weighted by Gasteiger charge is 2.64. The van der Waals surface area contributed by atoms with Crippen LogP contribution in [-0.4, -0.2) is 43.1 Å². The summed E-state index contributed by atoms with van der Waals surface area (Å²) < 4.78 is 0.324. The molecule has 1 spiro atoms. The Bertz CT molecular complexity index is 710. The number of nitrogens with zero attached hydrogens (tertiary/aromatic N) is 1. The lowest BCUT2D eigenvalue weighted by Crippen LogP contribution is -2.63. The smallest absolute Gasteiger partial charge is 0.135 e. The molecule has 1 aliphatic carbocycles. The van der Waals surface area contributed by atoms with Gasteiger partial charge in [0.25, 0.3) is 0 Å². The second-order valence-corrected chi connectivity index (χ2v) is 13.5. The molecule has 154 valence electrons. The molecule has 3 aliphatic heterocycles. The standard InChI is InChI=1S/C22H31NOS4/c24-20-16-7-1-2-8-17(16)21(26-12-5-11-25)15-22(27-13-6-14-28-22)18-9-3-4-10-19(18)23(20)21/h1-2,7-8,18-20,24-25H,3-6,9-15H2/t18-,19-,20?,21?/m1/s1. The highest BCUT2D eigenvalue weighted by atomic mass is 32.2. The highest BCUT2D eigenvalue weighted by molar-refractivity contribution is 8.18. The molecule has 6 heteroatoms. The molecule has 1 saturated carbocycles. The Kier molecular flexibility index (Phi) is 6.01. The van der Waals surface area contributed by atoms with Gasteiger partial charge >= 0.3 is 0 Å². The Morgan fingerprint density at radius 2 is 1.93 bits per heavy atom. The average Bonchev–Trinajstić information content (AvgIpc) is 2.98. The van der Waals surface area contributed by atoms with E-state index in [9.17, 15) is 5.11 Å². The van der Waals surface area contributed by atoms with E-state index < -0.39 is 6.23 Å². The van der Waals surface area contributed by atoms with E-state index in [1.54, 1.807) is 0 Å². The van der Waals surface area contributed by atoms with Crippen LogP contribution in [0.3, 0.4) is 0 Å². The number of fused-ring (bicyclic) bond motifs is 6. The Morgan fingerprint density at radius 3 is 2.75 bits per heavy atom. The Hall–Kier alpha value is 0.540. The van der Waals surface area contributed by atoms with Gasteiger partial charge in [0, 0.05) is 18.0 Å². The minimum Gasteiger partial charge on any atom is -0.374 e. The van der Waals surface area contributed by atoms with Crippen LogP contribution in [0.25, 0.3) is 0 Å². The summed E-state index contributed by atoms with van der Waals surface area (Å²) in [6.45, 7) is 0. The number of hydrogen-bond acceptors (Lipinski definition) is 6. The number of rotatable bonds is 4. The summed E-state index contributed by atoms with van der Waals surface area (Å²) in [5, 5.41) is 11.5. The number of piperidine rings is 1. The van der Waals surface area contributed by atoms with Crippen LogP contribution in [0.4, 0.5) is 0 Å². The molecule has 0 aromatic heterocycles. The van der Waals surface area contributed by atoms with Crippen molar-refractivity contribution in [1.29, 1.82) is 0 Å². The quantitative estimate of drug-likeness (QED) is 0.448. The molecule has 3 heterocycles. The Labute approximate surface area is 187 Å². The first-order chi connectivity index (χ1) is 13.7. The molecule has 4 atom stereocenters. The van der Waals surface area contributed by atoms with Crippen molar-refractivity contribution in [2.75, 3.05) is 23.0 Å². The van der Waals surface area contributed by atoms with Crippen LogP contribution in [0.1, 0.15) is 62.3 Å². The maximum absolute atomic E-state index is 11.5. The topological polar surface area (TPSA) is 23.5 Å². The van der Waals surface area contributed by atoms with Crippen LogP contribution in [0, 0.1) is 5.92 Å². The van der Waals surface area contributed by atoms with Gasteiger partial charge in [0.05, 0.1) is 8.95 Å². The fourth-order valence-corrected chi connectivity index (χ4v) is 12.2. The van der Waals surface area contributed by atoms with E-state index in [1.807, 2.05) is 0 Å². The van der Waals surface area contributed by atoms with E-state index in [1.165, 1.54) is 55.6 Å². The molecule has 5 rings (SSSR count). The monoisotopic (exact) mass is 453 g/mol. The van der Waals surface area contributed by atoms with Crippen molar-refractivity contribution in [2.45, 2.75) is 66.2 Å². The molecule has 2 nitrogen and oxygen atoms in total. The van der Waals surface area contributed by atoms with Gasteiger partial charge in [0.1, 0.15) is 6.23 Å². The third-order valence-corrected chi connectivity index (χ3v) is 12.5. The molecular weight excluding hydrogens is 423 g/mol. The van der Waals surface area contributed by atoms with Gasteiger partial charge in [-0.3, -0.25) is 4.90 Å². The van der Waals surface area contributed by atoms with Crippen molar-refractivity contribution < 1.29 is 5.11 Å². The number of thiol groups is 1. The zero-order valence-electron chi connectivity index (χ0n) is 16.4. The number of thioether (sulfide) groups is 3. The molecule has 1 aromatic rings. The van der Waals surface area contributed by atoms with Gasteiger partial charge in [-0.2, -0.15) is 12.6 Å². The van der Waals surface area contributed by atoms with Crippen LogP contribution in [-0.2, 0) is 4.87 Å². The normalized spacial score (nSPS) is 36.7. The van der Waals surface area contributed by atoms with Gasteiger partial charge in [-0.15, -0.1) is 35.3 Å². The first kappa shape index (κ1) is 20.4. The van der Waals surface area contributed by atoms with Crippen LogP contribution >= 0.6 is 47.9 Å². The summed E-state index contributed by atoms with van der Waals surface area (Å²) in [5.74, 6) is 5.37. The van der Waals surface area contributed by atoms with Crippen LogP contribution < -0.4 is 0 Å². The fourth-order valence-electron chi connectivity index (χ4n) is 6.04. The minimum atomic E-state index is -0.443. The zero-order valence-corrected chi connectivity index (χ0v) is 19.7. The molecule has 2 unspecified atom stereocenters. The summed E-state index contributed by atoms with van der Waals surface area (Å²) in [5.41, 5.74) is 2.55. The molecule has 1 N–H and O–H groups in total. The van der Waals surface area contributed by atoms with Crippen molar-refractivity contribution in [2.24, 2.45) is 5.92 Å². The molecule has 0 bridgehead atoms. The number of aliphatic hydroxyl groups is 1. The van der Waals surface area contributed by atoms with Crippen molar-refractivity contribution in [1.82, 2.24) is 4.90 Å². The van der Waals surface area contributed by atoms with Crippen LogP contribution in [0.15, 0.2) is 24.3 Å². The molecule has 4 aliphatic rings. The fraction of sp³-hybridized carbons (Fsp3) is 0.727. The minimum absolute atomic E-state index is 0.0746. The van der Waals surface area contributed by atoms with E-state index in [4.69, 9.17) is 0 Å². The molecule has 0 radical (unpaired) electrons. The summed E-state index contributed by atoms with van der Waals surface area (Å²) in [7, 11) is 0. The molecule has 3 fully saturated rings. The number of hydrogen-bond donors (Lipinski definition) is 2. The van der Waals surface area contributed by atoms with E-state index in [2.05, 4.69) is 77.1 Å². The lowest BCUT2D eigenvalue weighted by molar-refractivity contribution is -0.102. The van der Waals surface area contributed by atoms with Gasteiger partial charge < -0.3 is 5.11 Å². The summed E-state index contributed by atoms with van der Waals surface area (Å²) in [6.07, 6.45) is 8.45. The molecule has 0 amide bonds. The van der Waals surface area contributed by atoms with Crippen molar-refractivity contribution in [3.05, 3.63) is 35.4 Å². The maximum atomic E-state index is 11.5. The lowest BCUT2D eigenvalue weighted by Gasteiger charge is -2.61. The first-order valence-corrected chi connectivity index (χ1v) is 14.4. The van der Waals surface area contributed by atoms with E-state index in [0.29, 0.717) is 16.0 Å². The molecule has 28 heavy (non-hydrogen) atoms. The third-order valence-electron chi connectivity index (χ3n) is 7.10. The average molecular weight is 454 g/mol. The predicted octanol–water partition coefficient (Wildman–Crippen LogP) is 5.73. The predicted molar refractivity (Wildman–Crippen MR) is 128 cm³/mol. The lowest BCUT2D eigenvalue weighted by atomic mass is 9.75. The van der Waals surface area contributed by atoms with Gasteiger partial charge in [-0.05, 0) is 60.2 Å². The second-order valence-electron chi connectivity index (χ2n) is 8.58.